The van der Waals surface area contributed by atoms with E-state index in [-0.39, 0.29) is 5.60 Å². The molecule has 1 aromatic carbocycles. The van der Waals surface area contributed by atoms with E-state index in [0.717, 1.165) is 12.8 Å². The van der Waals surface area contributed by atoms with E-state index in [2.05, 4.69) is 45.9 Å². The Morgan fingerprint density at radius 1 is 0.759 bits per heavy atom. The molecule has 0 aliphatic rings. The number of rotatable bonds is 15. The number of carbonyl (C=O) groups excluding carboxylic acids is 1. The van der Waals surface area contributed by atoms with Gasteiger partial charge >= 0.3 is 0 Å². The van der Waals surface area contributed by atoms with Crippen molar-refractivity contribution in [1.82, 2.24) is 0 Å². The average Bonchev–Trinajstić information content (AvgIpc) is 2.62. The van der Waals surface area contributed by atoms with E-state index in [1.807, 2.05) is 13.8 Å². The van der Waals surface area contributed by atoms with Gasteiger partial charge in [0.15, 0.2) is 0 Å². The molecule has 1 aromatic rings. The largest absolute Gasteiger partial charge is 0.462 e. The second kappa shape index (κ2) is 13.1. The van der Waals surface area contributed by atoms with E-state index in [1.165, 1.54) is 75.3 Å². The van der Waals surface area contributed by atoms with Gasteiger partial charge in [-0.1, -0.05) is 71.1 Å². The predicted molar refractivity (Wildman–Crippen MR) is 125 cm³/mol. The molecule has 0 heterocycles. The van der Waals surface area contributed by atoms with Crippen LogP contribution in [0.2, 0.25) is 0 Å². The van der Waals surface area contributed by atoms with Crippen molar-refractivity contribution >= 4 is 6.47 Å². The van der Waals surface area contributed by atoms with Crippen LogP contribution >= 0.6 is 0 Å². The molecule has 0 saturated heterocycles. The lowest BCUT2D eigenvalue weighted by molar-refractivity contribution is -0.140. The normalized spacial score (nSPS) is 12.2. The summed E-state index contributed by atoms with van der Waals surface area (Å²) in [6, 6.07) is 6.88. The maximum absolute atomic E-state index is 10.5. The van der Waals surface area contributed by atoms with E-state index < -0.39 is 0 Å². The first-order valence-electron chi connectivity index (χ1n) is 11.8. The van der Waals surface area contributed by atoms with E-state index in [4.69, 9.17) is 4.74 Å². The van der Waals surface area contributed by atoms with Crippen molar-refractivity contribution in [3.8, 4) is 0 Å². The molecule has 0 N–H and O–H groups in total. The molecule has 0 unspecified atom stereocenters. The fraction of sp³-hybridized carbons (Fsp3) is 0.741. The zero-order chi connectivity index (χ0) is 21.8. The average molecular weight is 403 g/mol. The number of carbonyl (C=O) groups is 1. The number of hydrogen-bond donors (Lipinski definition) is 0. The molecule has 0 bridgehead atoms. The summed E-state index contributed by atoms with van der Waals surface area (Å²) in [5.41, 5.74) is 4.75. The molecule has 166 valence electrons. The predicted octanol–water partition coefficient (Wildman–Crippen LogP) is 7.98. The highest BCUT2D eigenvalue weighted by Crippen LogP contribution is 2.24. The SMILES string of the molecule is Cc1c(CCCCCCC(C)(C)C)cccc1CCCCCCC(C)(C)OC=O. The molecule has 0 radical (unpaired) electrons. The lowest BCUT2D eigenvalue weighted by Crippen LogP contribution is -2.23. The molecule has 0 aliphatic heterocycles. The second-order valence-electron chi connectivity index (χ2n) is 10.6. The van der Waals surface area contributed by atoms with Crippen LogP contribution in [-0.2, 0) is 22.4 Å². The van der Waals surface area contributed by atoms with Crippen LogP contribution in [0.15, 0.2) is 18.2 Å². The summed E-state index contributed by atoms with van der Waals surface area (Å²) in [5, 5.41) is 0. The molecule has 0 atom stereocenters. The van der Waals surface area contributed by atoms with Crippen molar-refractivity contribution in [2.24, 2.45) is 5.41 Å². The molecular formula is C27H46O2. The van der Waals surface area contributed by atoms with Gasteiger partial charge in [0, 0.05) is 0 Å². The van der Waals surface area contributed by atoms with Crippen molar-refractivity contribution in [3.05, 3.63) is 34.9 Å². The van der Waals surface area contributed by atoms with Crippen LogP contribution < -0.4 is 0 Å². The van der Waals surface area contributed by atoms with Crippen LogP contribution in [0, 0.1) is 12.3 Å². The van der Waals surface area contributed by atoms with Gasteiger partial charge in [-0.3, -0.25) is 4.79 Å². The molecule has 0 spiro atoms. The monoisotopic (exact) mass is 402 g/mol. The van der Waals surface area contributed by atoms with Gasteiger partial charge in [0.25, 0.3) is 6.47 Å². The van der Waals surface area contributed by atoms with Gasteiger partial charge in [-0.05, 0) is 87.8 Å². The Bertz CT molecular complexity index is 581. The first-order valence-corrected chi connectivity index (χ1v) is 11.8. The van der Waals surface area contributed by atoms with Gasteiger partial charge in [-0.25, -0.2) is 0 Å². The van der Waals surface area contributed by atoms with Gasteiger partial charge < -0.3 is 4.74 Å². The molecule has 29 heavy (non-hydrogen) atoms. The number of hydrogen-bond acceptors (Lipinski definition) is 2. The maximum Gasteiger partial charge on any atom is 0.293 e. The number of ether oxygens (including phenoxy) is 1. The standard InChI is InChI=1S/C27H46O2/c1-23-24(16-11-7-9-13-20-26(2,3)4)18-15-19-25(23)17-12-8-10-14-21-27(5,6)29-22-28/h15,18-19,22H,7-14,16-17,20-21H2,1-6H3. The summed E-state index contributed by atoms with van der Waals surface area (Å²) in [6.45, 7) is 13.9. The van der Waals surface area contributed by atoms with Crippen molar-refractivity contribution in [2.75, 3.05) is 0 Å². The van der Waals surface area contributed by atoms with Crippen LogP contribution in [-0.4, -0.2) is 12.1 Å². The molecule has 0 saturated carbocycles. The van der Waals surface area contributed by atoms with Crippen LogP contribution in [0.25, 0.3) is 0 Å². The zero-order valence-corrected chi connectivity index (χ0v) is 20.1. The van der Waals surface area contributed by atoms with Crippen LogP contribution in [0.3, 0.4) is 0 Å². The molecule has 0 aliphatic carbocycles. The third-order valence-corrected chi connectivity index (χ3v) is 6.02. The Hall–Kier alpha value is -1.31. The van der Waals surface area contributed by atoms with Crippen molar-refractivity contribution in [2.45, 2.75) is 124 Å². The van der Waals surface area contributed by atoms with Gasteiger partial charge in [0.1, 0.15) is 5.60 Å². The lowest BCUT2D eigenvalue weighted by Gasteiger charge is -2.22. The van der Waals surface area contributed by atoms with Gasteiger partial charge in [0.2, 0.25) is 0 Å². The fourth-order valence-electron chi connectivity index (χ4n) is 4.01. The minimum Gasteiger partial charge on any atom is -0.462 e. The highest BCUT2D eigenvalue weighted by atomic mass is 16.5. The Labute approximate surface area is 180 Å². The van der Waals surface area contributed by atoms with E-state index in [9.17, 15) is 4.79 Å². The Morgan fingerprint density at radius 3 is 1.72 bits per heavy atom. The van der Waals surface area contributed by atoms with Crippen LogP contribution in [0.4, 0.5) is 0 Å². The zero-order valence-electron chi connectivity index (χ0n) is 20.1. The fourth-order valence-corrected chi connectivity index (χ4v) is 4.01. The molecular weight excluding hydrogens is 356 g/mol. The summed E-state index contributed by atoms with van der Waals surface area (Å²) in [5.74, 6) is 0. The molecule has 0 aromatic heterocycles. The lowest BCUT2D eigenvalue weighted by atomic mass is 9.89. The Kier molecular flexibility index (Phi) is 11.6. The van der Waals surface area contributed by atoms with Crippen molar-refractivity contribution in [3.63, 3.8) is 0 Å². The Balaban J connectivity index is 2.26. The molecule has 2 heteroatoms. The van der Waals surface area contributed by atoms with E-state index in [0.29, 0.717) is 11.9 Å². The quantitative estimate of drug-likeness (QED) is 0.219. The first kappa shape index (κ1) is 25.7. The summed E-state index contributed by atoms with van der Waals surface area (Å²) in [4.78, 5) is 10.5. The maximum atomic E-state index is 10.5. The third-order valence-electron chi connectivity index (χ3n) is 6.02. The number of aryl methyl sites for hydroxylation is 2. The minimum absolute atomic E-state index is 0.320. The van der Waals surface area contributed by atoms with Crippen molar-refractivity contribution in [1.29, 1.82) is 0 Å². The summed E-state index contributed by atoms with van der Waals surface area (Å²) >= 11 is 0. The van der Waals surface area contributed by atoms with Gasteiger partial charge in [0.05, 0.1) is 0 Å². The molecule has 2 nitrogen and oxygen atoms in total. The van der Waals surface area contributed by atoms with Crippen LogP contribution in [0.1, 0.15) is 116 Å². The van der Waals surface area contributed by atoms with E-state index in [1.54, 1.807) is 5.56 Å². The highest BCUT2D eigenvalue weighted by Gasteiger charge is 2.17. The number of benzene rings is 1. The minimum atomic E-state index is -0.320. The van der Waals surface area contributed by atoms with Gasteiger partial charge in [-0.2, -0.15) is 0 Å². The molecule has 0 fully saturated rings. The first-order chi connectivity index (χ1) is 13.6. The summed E-state index contributed by atoms with van der Waals surface area (Å²) in [6.07, 6.45) is 14.9. The smallest absolute Gasteiger partial charge is 0.293 e. The van der Waals surface area contributed by atoms with Crippen LogP contribution in [0.5, 0.6) is 0 Å². The highest BCUT2D eigenvalue weighted by molar-refractivity contribution is 5.38. The van der Waals surface area contributed by atoms with Crippen molar-refractivity contribution < 1.29 is 9.53 Å². The molecule has 0 amide bonds. The number of unbranched alkanes of at least 4 members (excludes halogenated alkanes) is 6. The Morgan fingerprint density at radius 2 is 1.24 bits per heavy atom. The summed E-state index contributed by atoms with van der Waals surface area (Å²) < 4.78 is 5.12. The van der Waals surface area contributed by atoms with E-state index >= 15 is 0 Å². The second-order valence-corrected chi connectivity index (χ2v) is 10.6. The topological polar surface area (TPSA) is 26.3 Å². The third kappa shape index (κ3) is 12.1. The molecule has 1 rings (SSSR count). The van der Waals surface area contributed by atoms with Gasteiger partial charge in [-0.15, -0.1) is 0 Å². The summed E-state index contributed by atoms with van der Waals surface area (Å²) in [7, 11) is 0.